The predicted octanol–water partition coefficient (Wildman–Crippen LogP) is 2.51. The Morgan fingerprint density at radius 3 is 2.89 bits per heavy atom. The van der Waals surface area contributed by atoms with Crippen molar-refractivity contribution in [1.29, 1.82) is 0 Å². The minimum Gasteiger partial charge on any atom is -0.391 e. The quantitative estimate of drug-likeness (QED) is 0.740. The van der Waals surface area contributed by atoms with E-state index in [0.717, 1.165) is 18.4 Å². The zero-order valence-electron chi connectivity index (χ0n) is 12.1. The lowest BCUT2D eigenvalue weighted by molar-refractivity contribution is -0.173. The molecule has 0 bridgehead atoms. The number of hydrogen-bond donors (Lipinski definition) is 1. The molecule has 106 valence electrons. The fraction of sp³-hybridized carbons (Fsp3) is 0.750. The van der Waals surface area contributed by atoms with Crippen LogP contribution in [-0.2, 0) is 9.47 Å². The first-order chi connectivity index (χ1) is 8.97. The highest BCUT2D eigenvalue weighted by atomic mass is 16.7. The second-order valence-electron chi connectivity index (χ2n) is 6.67. The normalized spacial score (nSPS) is 52.9. The highest BCUT2D eigenvalue weighted by Gasteiger charge is 2.67. The third kappa shape index (κ3) is 1.44. The predicted molar refractivity (Wildman–Crippen MR) is 73.5 cm³/mol. The zero-order valence-corrected chi connectivity index (χ0v) is 12.1. The number of rotatable bonds is 1. The Morgan fingerprint density at radius 2 is 2.26 bits per heavy atom. The Bertz CT molecular complexity index is 430. The topological polar surface area (TPSA) is 38.7 Å². The lowest BCUT2D eigenvalue weighted by Gasteiger charge is -2.43. The molecule has 0 amide bonds. The number of aliphatic hydroxyl groups is 1. The van der Waals surface area contributed by atoms with E-state index in [-0.39, 0.29) is 11.7 Å². The van der Waals surface area contributed by atoms with Gasteiger partial charge in [0.1, 0.15) is 0 Å². The molecule has 0 radical (unpaired) electrons. The van der Waals surface area contributed by atoms with Gasteiger partial charge < -0.3 is 14.6 Å². The van der Waals surface area contributed by atoms with Crippen molar-refractivity contribution in [3.8, 4) is 0 Å². The summed E-state index contributed by atoms with van der Waals surface area (Å²) >= 11 is 0. The van der Waals surface area contributed by atoms with Crippen molar-refractivity contribution in [2.75, 3.05) is 13.7 Å². The number of allylic oxidation sites excluding steroid dienone is 2. The first-order valence-electron chi connectivity index (χ1n) is 7.15. The van der Waals surface area contributed by atoms with E-state index in [2.05, 4.69) is 32.6 Å². The molecular formula is C16H24O3. The van der Waals surface area contributed by atoms with E-state index in [1.54, 1.807) is 7.11 Å². The number of methoxy groups -OCH3 is 1. The monoisotopic (exact) mass is 264 g/mol. The molecule has 1 saturated heterocycles. The zero-order chi connectivity index (χ0) is 13.8. The Kier molecular flexibility index (Phi) is 2.93. The summed E-state index contributed by atoms with van der Waals surface area (Å²) in [5.74, 6) is 0.838. The lowest BCUT2D eigenvalue weighted by atomic mass is 9.63. The molecule has 1 heterocycles. The van der Waals surface area contributed by atoms with Gasteiger partial charge in [0.15, 0.2) is 6.29 Å². The number of hydrogen-bond acceptors (Lipinski definition) is 3. The fourth-order valence-electron chi connectivity index (χ4n) is 4.53. The second kappa shape index (κ2) is 4.18. The van der Waals surface area contributed by atoms with Gasteiger partial charge in [-0.25, -0.2) is 0 Å². The maximum Gasteiger partial charge on any atom is 0.169 e. The van der Waals surface area contributed by atoms with Crippen molar-refractivity contribution in [1.82, 2.24) is 0 Å². The summed E-state index contributed by atoms with van der Waals surface area (Å²) in [6, 6.07) is 0. The van der Waals surface area contributed by atoms with E-state index in [9.17, 15) is 5.11 Å². The second-order valence-corrected chi connectivity index (χ2v) is 6.67. The van der Waals surface area contributed by atoms with E-state index in [4.69, 9.17) is 9.47 Å². The summed E-state index contributed by atoms with van der Waals surface area (Å²) < 4.78 is 11.2. The van der Waals surface area contributed by atoms with Crippen molar-refractivity contribution < 1.29 is 14.6 Å². The third-order valence-electron chi connectivity index (χ3n) is 6.06. The summed E-state index contributed by atoms with van der Waals surface area (Å²) in [5.41, 5.74) is 0.447. The van der Waals surface area contributed by atoms with Crippen molar-refractivity contribution in [3.05, 3.63) is 24.3 Å². The first-order valence-corrected chi connectivity index (χ1v) is 7.15. The Labute approximate surface area is 115 Å². The van der Waals surface area contributed by atoms with Gasteiger partial charge in [-0.15, -0.1) is 0 Å². The maximum atomic E-state index is 11.1. The molecular weight excluding hydrogens is 240 g/mol. The summed E-state index contributed by atoms with van der Waals surface area (Å²) in [7, 11) is 1.65. The summed E-state index contributed by atoms with van der Waals surface area (Å²) in [6.07, 6.45) is 5.62. The van der Waals surface area contributed by atoms with Crippen LogP contribution >= 0.6 is 0 Å². The third-order valence-corrected chi connectivity index (χ3v) is 6.06. The van der Waals surface area contributed by atoms with Crippen LogP contribution in [-0.4, -0.2) is 31.2 Å². The minimum atomic E-state index is -0.454. The van der Waals surface area contributed by atoms with Gasteiger partial charge in [0.25, 0.3) is 0 Å². The average Bonchev–Trinajstić information content (AvgIpc) is 2.83. The van der Waals surface area contributed by atoms with Gasteiger partial charge in [-0.3, -0.25) is 0 Å². The lowest BCUT2D eigenvalue weighted by Crippen LogP contribution is -2.48. The first kappa shape index (κ1) is 13.3. The Hall–Kier alpha value is -0.640. The maximum absolute atomic E-state index is 11.1. The Balaban J connectivity index is 2.07. The van der Waals surface area contributed by atoms with Gasteiger partial charge in [-0.2, -0.15) is 0 Å². The summed E-state index contributed by atoms with van der Waals surface area (Å²) in [6.45, 7) is 9.11. The molecule has 0 unspecified atom stereocenters. The summed E-state index contributed by atoms with van der Waals surface area (Å²) in [5, 5.41) is 11.1. The molecule has 1 aliphatic heterocycles. The average molecular weight is 264 g/mol. The fourth-order valence-corrected chi connectivity index (χ4v) is 4.53. The van der Waals surface area contributed by atoms with Crippen LogP contribution in [0.4, 0.5) is 0 Å². The molecule has 0 aromatic carbocycles. The number of aliphatic hydroxyl groups excluding tert-OH is 1. The van der Waals surface area contributed by atoms with Gasteiger partial charge in [0.05, 0.1) is 18.1 Å². The minimum absolute atomic E-state index is 0.109. The van der Waals surface area contributed by atoms with Crippen LogP contribution in [0.25, 0.3) is 0 Å². The molecule has 3 heteroatoms. The van der Waals surface area contributed by atoms with Crippen LogP contribution in [0.1, 0.15) is 26.7 Å². The van der Waals surface area contributed by atoms with Gasteiger partial charge in [-0.1, -0.05) is 32.6 Å². The Morgan fingerprint density at radius 1 is 1.53 bits per heavy atom. The molecule has 1 N–H and O–H groups in total. The van der Waals surface area contributed by atoms with Gasteiger partial charge in [0, 0.05) is 12.5 Å². The van der Waals surface area contributed by atoms with Crippen molar-refractivity contribution >= 4 is 0 Å². The molecule has 6 atom stereocenters. The van der Waals surface area contributed by atoms with Crippen molar-refractivity contribution in [3.63, 3.8) is 0 Å². The van der Waals surface area contributed by atoms with Gasteiger partial charge >= 0.3 is 0 Å². The highest BCUT2D eigenvalue weighted by Crippen LogP contribution is 2.64. The van der Waals surface area contributed by atoms with E-state index in [0.29, 0.717) is 18.4 Å². The SMILES string of the molecule is C=C1CO[C@@H](OC)[C@]12C[C@@H]1C=CC[C@@H](C)[C@]1(C)[C@H]2O. The van der Waals surface area contributed by atoms with Gasteiger partial charge in [-0.05, 0) is 30.3 Å². The van der Waals surface area contributed by atoms with E-state index < -0.39 is 11.5 Å². The largest absolute Gasteiger partial charge is 0.391 e. The molecule has 19 heavy (non-hydrogen) atoms. The number of fused-ring (bicyclic) bond motifs is 1. The van der Waals surface area contributed by atoms with Crippen LogP contribution in [0.2, 0.25) is 0 Å². The van der Waals surface area contributed by atoms with Gasteiger partial charge in [0.2, 0.25) is 0 Å². The standard InChI is InChI=1S/C16H24O3/c1-10-6-5-7-12-8-16(13(17)15(10,12)3)11(2)9-19-14(16)18-4/h5,7,10,12-14,17H,2,6,8-9H2,1,3-4H3/t10-,12+,13-,14-,15+,16-/m1/s1. The smallest absolute Gasteiger partial charge is 0.169 e. The molecule has 1 spiro atoms. The van der Waals surface area contributed by atoms with Crippen LogP contribution in [0.5, 0.6) is 0 Å². The van der Waals surface area contributed by atoms with Crippen LogP contribution in [0, 0.1) is 22.7 Å². The van der Waals surface area contributed by atoms with Crippen molar-refractivity contribution in [2.24, 2.45) is 22.7 Å². The summed E-state index contributed by atoms with van der Waals surface area (Å²) in [4.78, 5) is 0. The molecule has 3 nitrogen and oxygen atoms in total. The molecule has 3 rings (SSSR count). The molecule has 2 fully saturated rings. The van der Waals surface area contributed by atoms with Crippen LogP contribution in [0.3, 0.4) is 0 Å². The van der Waals surface area contributed by atoms with E-state index in [1.165, 1.54) is 0 Å². The number of ether oxygens (including phenoxy) is 2. The molecule has 0 aromatic rings. The molecule has 1 saturated carbocycles. The van der Waals surface area contributed by atoms with Crippen LogP contribution < -0.4 is 0 Å². The van der Waals surface area contributed by atoms with E-state index >= 15 is 0 Å². The van der Waals surface area contributed by atoms with E-state index in [1.807, 2.05) is 0 Å². The highest BCUT2D eigenvalue weighted by molar-refractivity contribution is 5.30. The van der Waals surface area contributed by atoms with Crippen LogP contribution in [0.15, 0.2) is 24.3 Å². The molecule has 2 aliphatic carbocycles. The van der Waals surface area contributed by atoms with Crippen molar-refractivity contribution in [2.45, 2.75) is 39.1 Å². The molecule has 0 aromatic heterocycles. The molecule has 3 aliphatic rings.